The number of carbonyl (C=O) groups excluding carboxylic acids is 2. The van der Waals surface area contributed by atoms with E-state index in [1.165, 1.54) is 0 Å². The number of amides is 2. The summed E-state index contributed by atoms with van der Waals surface area (Å²) in [5.41, 5.74) is 1.31. The number of rotatable bonds is 8. The Bertz CT molecular complexity index is 1070. The van der Waals surface area contributed by atoms with Crippen molar-refractivity contribution in [3.8, 4) is 11.5 Å². The Hall–Kier alpha value is -2.12. The van der Waals surface area contributed by atoms with Gasteiger partial charge >= 0.3 is 0 Å². The number of imide groups is 1. The molecular formula is C22H18Cl3NO4S. The third kappa shape index (κ3) is 5.57. The van der Waals surface area contributed by atoms with E-state index >= 15 is 0 Å². The Labute approximate surface area is 199 Å². The van der Waals surface area contributed by atoms with Crippen LogP contribution in [0.25, 0.3) is 6.08 Å². The molecule has 31 heavy (non-hydrogen) atoms. The van der Waals surface area contributed by atoms with E-state index in [0.29, 0.717) is 44.3 Å². The van der Waals surface area contributed by atoms with E-state index in [9.17, 15) is 9.59 Å². The molecular weight excluding hydrogens is 481 g/mol. The number of hydrogen-bond donors (Lipinski definition) is 0. The minimum Gasteiger partial charge on any atom is -0.490 e. The van der Waals surface area contributed by atoms with E-state index in [1.807, 2.05) is 6.92 Å². The minimum absolute atomic E-state index is 0.0954. The van der Waals surface area contributed by atoms with Crippen molar-refractivity contribution in [2.75, 3.05) is 13.2 Å². The van der Waals surface area contributed by atoms with Crippen molar-refractivity contribution >= 4 is 63.8 Å². The van der Waals surface area contributed by atoms with Crippen LogP contribution in [0, 0.1) is 0 Å². The number of benzene rings is 2. The van der Waals surface area contributed by atoms with E-state index in [0.717, 1.165) is 16.7 Å². The lowest BCUT2D eigenvalue weighted by atomic mass is 10.1. The zero-order valence-corrected chi connectivity index (χ0v) is 19.6. The van der Waals surface area contributed by atoms with E-state index < -0.39 is 5.91 Å². The molecule has 0 saturated carbocycles. The van der Waals surface area contributed by atoms with Crippen molar-refractivity contribution in [1.29, 1.82) is 0 Å². The Morgan fingerprint density at radius 1 is 1.06 bits per heavy atom. The molecule has 9 heteroatoms. The molecule has 5 nitrogen and oxygen atoms in total. The molecule has 1 aliphatic heterocycles. The van der Waals surface area contributed by atoms with Gasteiger partial charge in [0.2, 0.25) is 0 Å². The lowest BCUT2D eigenvalue weighted by Crippen LogP contribution is -2.27. The zero-order chi connectivity index (χ0) is 22.5. The van der Waals surface area contributed by atoms with Gasteiger partial charge in [-0.1, -0.05) is 53.5 Å². The van der Waals surface area contributed by atoms with Gasteiger partial charge in [-0.25, -0.2) is 0 Å². The van der Waals surface area contributed by atoms with Crippen molar-refractivity contribution in [2.45, 2.75) is 13.5 Å². The lowest BCUT2D eigenvalue weighted by Gasteiger charge is -2.14. The molecule has 0 aliphatic carbocycles. The average molecular weight is 499 g/mol. The van der Waals surface area contributed by atoms with Crippen LogP contribution >= 0.6 is 46.6 Å². The lowest BCUT2D eigenvalue weighted by molar-refractivity contribution is -0.123. The van der Waals surface area contributed by atoms with Crippen LogP contribution in [0.4, 0.5) is 4.79 Å². The van der Waals surface area contributed by atoms with Gasteiger partial charge < -0.3 is 9.47 Å². The van der Waals surface area contributed by atoms with Gasteiger partial charge in [-0.15, -0.1) is 0 Å². The van der Waals surface area contributed by atoms with Gasteiger partial charge in [-0.05, 0) is 60.2 Å². The van der Waals surface area contributed by atoms with Crippen LogP contribution in [0.1, 0.15) is 18.1 Å². The minimum atomic E-state index is -0.401. The predicted octanol–water partition coefficient (Wildman–Crippen LogP) is 6.85. The molecule has 2 aromatic carbocycles. The van der Waals surface area contributed by atoms with Gasteiger partial charge in [0.15, 0.2) is 11.5 Å². The summed E-state index contributed by atoms with van der Waals surface area (Å²) < 4.78 is 11.2. The van der Waals surface area contributed by atoms with Gasteiger partial charge in [-0.3, -0.25) is 14.5 Å². The smallest absolute Gasteiger partial charge is 0.293 e. The first kappa shape index (κ1) is 23.5. The first-order valence-electron chi connectivity index (χ1n) is 9.23. The van der Waals surface area contributed by atoms with E-state index in [-0.39, 0.29) is 23.3 Å². The Morgan fingerprint density at radius 3 is 2.52 bits per heavy atom. The molecule has 0 N–H and O–H groups in total. The Morgan fingerprint density at radius 2 is 1.84 bits per heavy atom. The summed E-state index contributed by atoms with van der Waals surface area (Å²) in [6.07, 6.45) is 3.20. The largest absolute Gasteiger partial charge is 0.490 e. The third-order valence-electron chi connectivity index (χ3n) is 4.17. The number of hydrogen-bond acceptors (Lipinski definition) is 5. The van der Waals surface area contributed by atoms with Gasteiger partial charge in [-0.2, -0.15) is 0 Å². The highest BCUT2D eigenvalue weighted by molar-refractivity contribution is 8.18. The van der Waals surface area contributed by atoms with Crippen molar-refractivity contribution in [3.63, 3.8) is 0 Å². The average Bonchev–Trinajstić information content (AvgIpc) is 2.98. The maximum Gasteiger partial charge on any atom is 0.293 e. The number of thioether (sulfide) groups is 1. The molecule has 2 aromatic rings. The van der Waals surface area contributed by atoms with Crippen LogP contribution in [0.15, 0.2) is 47.9 Å². The van der Waals surface area contributed by atoms with E-state index in [2.05, 4.69) is 6.58 Å². The monoisotopic (exact) mass is 497 g/mol. The van der Waals surface area contributed by atoms with Crippen molar-refractivity contribution < 1.29 is 19.1 Å². The summed E-state index contributed by atoms with van der Waals surface area (Å²) in [4.78, 5) is 26.7. The fourth-order valence-electron chi connectivity index (χ4n) is 2.82. The van der Waals surface area contributed by atoms with Crippen LogP contribution in [0.2, 0.25) is 15.1 Å². The molecule has 1 fully saturated rings. The topological polar surface area (TPSA) is 55.8 Å². The second kappa shape index (κ2) is 10.5. The molecule has 0 bridgehead atoms. The second-order valence-electron chi connectivity index (χ2n) is 6.38. The molecule has 0 unspecified atom stereocenters. The van der Waals surface area contributed by atoms with Crippen molar-refractivity contribution in [1.82, 2.24) is 4.90 Å². The highest BCUT2D eigenvalue weighted by Gasteiger charge is 2.35. The summed E-state index contributed by atoms with van der Waals surface area (Å²) >= 11 is 19.2. The highest BCUT2D eigenvalue weighted by Crippen LogP contribution is 2.39. The first-order chi connectivity index (χ1) is 14.8. The van der Waals surface area contributed by atoms with Gasteiger partial charge in [0, 0.05) is 0 Å². The summed E-state index contributed by atoms with van der Waals surface area (Å²) in [5.74, 6) is 0.438. The maximum absolute atomic E-state index is 12.8. The van der Waals surface area contributed by atoms with Crippen molar-refractivity contribution in [2.24, 2.45) is 0 Å². The SMILES string of the molecule is C=CCOc1c(Cl)cc(/C=C2\SC(=O)N(Cc3ccc(Cl)c(Cl)c3)C2=O)cc1OCC. The summed E-state index contributed by atoms with van der Waals surface area (Å²) in [6, 6.07) is 8.34. The molecule has 0 spiro atoms. The molecule has 1 saturated heterocycles. The van der Waals surface area contributed by atoms with Crippen LogP contribution in [-0.4, -0.2) is 29.3 Å². The molecule has 162 valence electrons. The zero-order valence-electron chi connectivity index (χ0n) is 16.5. The van der Waals surface area contributed by atoms with E-state index in [1.54, 1.807) is 42.5 Å². The van der Waals surface area contributed by atoms with Crippen LogP contribution < -0.4 is 9.47 Å². The van der Waals surface area contributed by atoms with Gasteiger partial charge in [0.05, 0.1) is 33.1 Å². The highest BCUT2D eigenvalue weighted by atomic mass is 35.5. The molecule has 0 atom stereocenters. The maximum atomic E-state index is 12.8. The predicted molar refractivity (Wildman–Crippen MR) is 126 cm³/mol. The van der Waals surface area contributed by atoms with Crippen LogP contribution in [0.3, 0.4) is 0 Å². The molecule has 2 amide bonds. The molecule has 1 heterocycles. The summed E-state index contributed by atoms with van der Waals surface area (Å²) in [5, 5.41) is 0.721. The number of halogens is 3. The number of nitrogens with zero attached hydrogens (tertiary/aromatic N) is 1. The van der Waals surface area contributed by atoms with Crippen molar-refractivity contribution in [3.05, 3.63) is 74.1 Å². The fraction of sp³-hybridized carbons (Fsp3) is 0.182. The standard InChI is InChI=1S/C22H18Cl3NO4S/c1-3-7-30-20-17(25)9-14(10-18(20)29-4-2)11-19-21(27)26(22(28)31-19)12-13-5-6-15(23)16(24)8-13/h3,5-6,8-11H,1,4,7,12H2,2H3/b19-11-. The first-order valence-corrected chi connectivity index (χ1v) is 11.2. The molecule has 3 rings (SSSR count). The van der Waals surface area contributed by atoms with E-state index in [4.69, 9.17) is 44.3 Å². The molecule has 0 radical (unpaired) electrons. The fourth-order valence-corrected chi connectivity index (χ4v) is 4.26. The summed E-state index contributed by atoms with van der Waals surface area (Å²) in [6.45, 7) is 6.23. The Balaban J connectivity index is 1.86. The quantitative estimate of drug-likeness (QED) is 0.294. The van der Waals surface area contributed by atoms with Gasteiger partial charge in [0.25, 0.3) is 11.1 Å². The second-order valence-corrected chi connectivity index (χ2v) is 8.59. The van der Waals surface area contributed by atoms with Crippen LogP contribution in [-0.2, 0) is 11.3 Å². The number of carbonyl (C=O) groups is 2. The van der Waals surface area contributed by atoms with Gasteiger partial charge in [0.1, 0.15) is 6.61 Å². The molecule has 0 aromatic heterocycles. The summed E-state index contributed by atoms with van der Waals surface area (Å²) in [7, 11) is 0. The Kier molecular flexibility index (Phi) is 7.94. The van der Waals surface area contributed by atoms with Crippen LogP contribution in [0.5, 0.6) is 11.5 Å². The normalized spacial score (nSPS) is 15.0. The number of ether oxygens (including phenoxy) is 2. The third-order valence-corrected chi connectivity index (χ3v) is 6.10. The molecule has 1 aliphatic rings.